The van der Waals surface area contributed by atoms with Crippen LogP contribution < -0.4 is 5.73 Å². The molecule has 1 fully saturated rings. The Morgan fingerprint density at radius 3 is 2.18 bits per heavy atom. The van der Waals surface area contributed by atoms with E-state index in [9.17, 15) is 0 Å². The van der Waals surface area contributed by atoms with Gasteiger partial charge in [-0.3, -0.25) is 0 Å². The SMILES string of the molecule is CC(C)(CO)C1(N)CCCC1. The fourth-order valence-corrected chi connectivity index (χ4v) is 1.84. The fourth-order valence-electron chi connectivity index (χ4n) is 1.84. The number of aliphatic hydroxyl groups is 1. The fraction of sp³-hybridized carbons (Fsp3) is 1.00. The number of hydrogen-bond acceptors (Lipinski definition) is 2. The maximum absolute atomic E-state index is 9.14. The molecule has 0 aromatic carbocycles. The number of rotatable bonds is 2. The molecule has 0 amide bonds. The highest BCUT2D eigenvalue weighted by molar-refractivity contribution is 5.00. The van der Waals surface area contributed by atoms with E-state index < -0.39 is 0 Å². The smallest absolute Gasteiger partial charge is 0.0499 e. The minimum absolute atomic E-state index is 0.108. The lowest BCUT2D eigenvalue weighted by Crippen LogP contribution is -2.52. The Hall–Kier alpha value is -0.0800. The zero-order valence-corrected chi connectivity index (χ0v) is 7.56. The molecule has 0 saturated heterocycles. The van der Waals surface area contributed by atoms with Gasteiger partial charge in [0, 0.05) is 17.6 Å². The Morgan fingerprint density at radius 2 is 1.82 bits per heavy atom. The number of aliphatic hydroxyl groups excluding tert-OH is 1. The average molecular weight is 157 g/mol. The van der Waals surface area contributed by atoms with Crippen LogP contribution in [0.2, 0.25) is 0 Å². The first-order valence-electron chi connectivity index (χ1n) is 4.42. The van der Waals surface area contributed by atoms with Crippen LogP contribution in [0.3, 0.4) is 0 Å². The molecule has 0 heterocycles. The lowest BCUT2D eigenvalue weighted by molar-refractivity contribution is 0.0755. The summed E-state index contributed by atoms with van der Waals surface area (Å²) in [6, 6.07) is 0. The van der Waals surface area contributed by atoms with Crippen molar-refractivity contribution < 1.29 is 5.11 Å². The predicted octanol–water partition coefficient (Wildman–Crippen LogP) is 1.28. The van der Waals surface area contributed by atoms with Crippen molar-refractivity contribution in [3.05, 3.63) is 0 Å². The summed E-state index contributed by atoms with van der Waals surface area (Å²) < 4.78 is 0. The molecule has 0 aliphatic heterocycles. The molecule has 1 saturated carbocycles. The van der Waals surface area contributed by atoms with Gasteiger partial charge in [-0.2, -0.15) is 0 Å². The van der Waals surface area contributed by atoms with Gasteiger partial charge >= 0.3 is 0 Å². The van der Waals surface area contributed by atoms with E-state index in [1.54, 1.807) is 0 Å². The normalized spacial score (nSPS) is 24.0. The van der Waals surface area contributed by atoms with E-state index in [1.165, 1.54) is 12.8 Å². The first-order valence-corrected chi connectivity index (χ1v) is 4.42. The minimum Gasteiger partial charge on any atom is -0.396 e. The van der Waals surface area contributed by atoms with Crippen molar-refractivity contribution in [2.75, 3.05) is 6.61 Å². The second-order valence-corrected chi connectivity index (χ2v) is 4.41. The Balaban J connectivity index is 2.69. The maximum atomic E-state index is 9.14. The zero-order valence-electron chi connectivity index (χ0n) is 7.56. The predicted molar refractivity (Wildman–Crippen MR) is 46.3 cm³/mol. The standard InChI is InChI=1S/C9H19NO/c1-8(2,7-11)9(10)5-3-4-6-9/h11H,3-7,10H2,1-2H3. The van der Waals surface area contributed by atoms with Crippen LogP contribution in [-0.2, 0) is 0 Å². The Bertz CT molecular complexity index is 136. The van der Waals surface area contributed by atoms with Crippen LogP contribution in [-0.4, -0.2) is 17.3 Å². The van der Waals surface area contributed by atoms with E-state index in [1.807, 2.05) is 0 Å². The summed E-state index contributed by atoms with van der Waals surface area (Å²) in [5, 5.41) is 9.14. The highest BCUT2D eigenvalue weighted by Gasteiger charge is 2.42. The monoisotopic (exact) mass is 157 g/mol. The molecular weight excluding hydrogens is 138 g/mol. The van der Waals surface area contributed by atoms with Gasteiger partial charge in [0.2, 0.25) is 0 Å². The number of hydrogen-bond donors (Lipinski definition) is 2. The molecular formula is C9H19NO. The molecule has 2 nitrogen and oxygen atoms in total. The highest BCUT2D eigenvalue weighted by atomic mass is 16.3. The van der Waals surface area contributed by atoms with Crippen molar-refractivity contribution in [2.24, 2.45) is 11.1 Å². The third-order valence-electron chi connectivity index (χ3n) is 3.24. The van der Waals surface area contributed by atoms with Gasteiger partial charge in [-0.25, -0.2) is 0 Å². The first kappa shape index (κ1) is 9.01. The van der Waals surface area contributed by atoms with Gasteiger partial charge in [-0.15, -0.1) is 0 Å². The molecule has 0 radical (unpaired) electrons. The van der Waals surface area contributed by atoms with E-state index in [-0.39, 0.29) is 17.6 Å². The molecule has 66 valence electrons. The molecule has 0 aromatic rings. The molecule has 11 heavy (non-hydrogen) atoms. The van der Waals surface area contributed by atoms with E-state index in [4.69, 9.17) is 10.8 Å². The van der Waals surface area contributed by atoms with Crippen molar-refractivity contribution >= 4 is 0 Å². The van der Waals surface area contributed by atoms with Gasteiger partial charge < -0.3 is 10.8 Å². The molecule has 1 rings (SSSR count). The molecule has 0 bridgehead atoms. The van der Waals surface area contributed by atoms with Crippen LogP contribution in [0.5, 0.6) is 0 Å². The van der Waals surface area contributed by atoms with Gasteiger partial charge in [0.1, 0.15) is 0 Å². The molecule has 1 aliphatic rings. The Kier molecular flexibility index (Phi) is 2.26. The van der Waals surface area contributed by atoms with E-state index in [0.717, 1.165) is 12.8 Å². The first-order chi connectivity index (χ1) is 5.02. The van der Waals surface area contributed by atoms with Crippen LogP contribution in [0.4, 0.5) is 0 Å². The summed E-state index contributed by atoms with van der Waals surface area (Å²) in [4.78, 5) is 0. The Morgan fingerprint density at radius 1 is 1.36 bits per heavy atom. The summed E-state index contributed by atoms with van der Waals surface area (Å²) >= 11 is 0. The van der Waals surface area contributed by atoms with Crippen molar-refractivity contribution in [3.8, 4) is 0 Å². The molecule has 0 aromatic heterocycles. The van der Waals surface area contributed by atoms with Crippen LogP contribution >= 0.6 is 0 Å². The Labute approximate surface area is 68.8 Å². The van der Waals surface area contributed by atoms with Crippen molar-refractivity contribution in [3.63, 3.8) is 0 Å². The number of nitrogens with two attached hydrogens (primary N) is 1. The second-order valence-electron chi connectivity index (χ2n) is 4.41. The highest BCUT2D eigenvalue weighted by Crippen LogP contribution is 2.40. The summed E-state index contributed by atoms with van der Waals surface area (Å²) in [5.74, 6) is 0. The lowest BCUT2D eigenvalue weighted by Gasteiger charge is -2.40. The minimum atomic E-state index is -0.109. The van der Waals surface area contributed by atoms with Crippen molar-refractivity contribution in [1.82, 2.24) is 0 Å². The van der Waals surface area contributed by atoms with Crippen LogP contribution in [0.25, 0.3) is 0 Å². The van der Waals surface area contributed by atoms with Gasteiger partial charge in [-0.1, -0.05) is 26.7 Å². The second kappa shape index (κ2) is 2.76. The van der Waals surface area contributed by atoms with Gasteiger partial charge in [-0.05, 0) is 12.8 Å². The molecule has 1 aliphatic carbocycles. The summed E-state index contributed by atoms with van der Waals surface area (Å²) in [6.45, 7) is 4.31. The quantitative estimate of drug-likeness (QED) is 0.634. The summed E-state index contributed by atoms with van der Waals surface area (Å²) in [5.41, 5.74) is 5.97. The van der Waals surface area contributed by atoms with Crippen LogP contribution in [0, 0.1) is 5.41 Å². The third kappa shape index (κ3) is 1.42. The third-order valence-corrected chi connectivity index (χ3v) is 3.24. The van der Waals surface area contributed by atoms with Crippen molar-refractivity contribution in [2.45, 2.75) is 45.1 Å². The maximum Gasteiger partial charge on any atom is 0.0499 e. The summed E-state index contributed by atoms with van der Waals surface area (Å²) in [7, 11) is 0. The van der Waals surface area contributed by atoms with Crippen molar-refractivity contribution in [1.29, 1.82) is 0 Å². The zero-order chi connectivity index (χ0) is 8.54. The topological polar surface area (TPSA) is 46.2 Å². The molecule has 2 heteroatoms. The largest absolute Gasteiger partial charge is 0.396 e. The molecule has 0 unspecified atom stereocenters. The van der Waals surface area contributed by atoms with Crippen LogP contribution in [0.15, 0.2) is 0 Å². The molecule has 3 N–H and O–H groups in total. The average Bonchev–Trinajstić information content (AvgIpc) is 2.38. The molecule has 0 atom stereocenters. The van der Waals surface area contributed by atoms with Gasteiger partial charge in [0.05, 0.1) is 0 Å². The van der Waals surface area contributed by atoms with Gasteiger partial charge in [0.25, 0.3) is 0 Å². The van der Waals surface area contributed by atoms with E-state index in [2.05, 4.69) is 13.8 Å². The summed E-state index contributed by atoms with van der Waals surface area (Å²) in [6.07, 6.45) is 4.58. The van der Waals surface area contributed by atoms with E-state index in [0.29, 0.717) is 0 Å². The molecule has 0 spiro atoms. The lowest BCUT2D eigenvalue weighted by atomic mass is 9.72. The van der Waals surface area contributed by atoms with E-state index >= 15 is 0 Å². The van der Waals surface area contributed by atoms with Gasteiger partial charge in [0.15, 0.2) is 0 Å². The van der Waals surface area contributed by atoms with Crippen LogP contribution in [0.1, 0.15) is 39.5 Å².